The molecule has 2 nitrogen and oxygen atoms in total. The first-order valence-electron chi connectivity index (χ1n) is 5.99. The molecule has 1 aliphatic rings. The van der Waals surface area contributed by atoms with Crippen LogP contribution in [0.5, 0.6) is 0 Å². The number of nitrogens with zero attached hydrogens (tertiary/aromatic N) is 1. The van der Waals surface area contributed by atoms with Crippen LogP contribution in [0.25, 0.3) is 0 Å². The van der Waals surface area contributed by atoms with Crippen LogP contribution in [0.4, 0.5) is 0 Å². The molecule has 0 amide bonds. The maximum Gasteiger partial charge on any atom is 0.0331 e. The summed E-state index contributed by atoms with van der Waals surface area (Å²) in [5, 5.41) is 0. The van der Waals surface area contributed by atoms with Gasteiger partial charge in [-0.2, -0.15) is 0 Å². The molecule has 0 aromatic heterocycles. The summed E-state index contributed by atoms with van der Waals surface area (Å²) in [5.41, 5.74) is 6.31. The molecule has 1 rings (SSSR count). The third kappa shape index (κ3) is 3.22. The molecule has 15 heavy (non-hydrogen) atoms. The van der Waals surface area contributed by atoms with E-state index in [1.54, 1.807) is 0 Å². The minimum atomic E-state index is 0.0876. The average molecular weight is 208 g/mol. The summed E-state index contributed by atoms with van der Waals surface area (Å²) in [5.74, 6) is 6.02. The molecule has 0 bridgehead atoms. The van der Waals surface area contributed by atoms with E-state index in [2.05, 4.69) is 30.6 Å². The van der Waals surface area contributed by atoms with Crippen LogP contribution in [-0.4, -0.2) is 29.6 Å². The maximum atomic E-state index is 6.22. The third-order valence-corrected chi connectivity index (χ3v) is 3.58. The van der Waals surface area contributed by atoms with Crippen molar-refractivity contribution in [2.24, 2.45) is 5.73 Å². The Hall–Kier alpha value is -0.520. The van der Waals surface area contributed by atoms with Crippen LogP contribution in [0, 0.1) is 11.8 Å². The molecule has 1 unspecified atom stereocenters. The van der Waals surface area contributed by atoms with Crippen LogP contribution in [0.1, 0.15) is 46.5 Å². The summed E-state index contributed by atoms with van der Waals surface area (Å²) in [4.78, 5) is 2.53. The highest BCUT2D eigenvalue weighted by atomic mass is 15.2. The number of rotatable bonds is 3. The van der Waals surface area contributed by atoms with E-state index in [4.69, 9.17) is 5.73 Å². The normalized spacial score (nSPS) is 20.5. The molecule has 1 heterocycles. The first kappa shape index (κ1) is 12.5. The molecule has 1 aliphatic heterocycles. The molecule has 2 heteroatoms. The second kappa shape index (κ2) is 5.53. The van der Waals surface area contributed by atoms with Crippen LogP contribution >= 0.6 is 0 Å². The van der Waals surface area contributed by atoms with Crippen LogP contribution in [-0.2, 0) is 0 Å². The lowest BCUT2D eigenvalue weighted by Gasteiger charge is -2.44. The average Bonchev–Trinajstić information content (AvgIpc) is 2.27. The Balaban J connectivity index is 2.56. The summed E-state index contributed by atoms with van der Waals surface area (Å²) >= 11 is 0. The Morgan fingerprint density at radius 3 is 2.40 bits per heavy atom. The molecule has 0 aliphatic carbocycles. The van der Waals surface area contributed by atoms with E-state index in [1.165, 1.54) is 32.4 Å². The molecule has 0 saturated carbocycles. The lowest BCUT2D eigenvalue weighted by molar-refractivity contribution is 0.0744. The minimum Gasteiger partial charge on any atom is -0.325 e. The van der Waals surface area contributed by atoms with Gasteiger partial charge in [-0.3, -0.25) is 4.90 Å². The molecular formula is C13H24N2. The first-order valence-corrected chi connectivity index (χ1v) is 5.99. The van der Waals surface area contributed by atoms with E-state index in [9.17, 15) is 0 Å². The zero-order valence-corrected chi connectivity index (χ0v) is 10.3. The highest BCUT2D eigenvalue weighted by Crippen LogP contribution is 2.23. The number of hydrogen-bond donors (Lipinski definition) is 1. The van der Waals surface area contributed by atoms with Crippen molar-refractivity contribution in [3.63, 3.8) is 0 Å². The molecular weight excluding hydrogens is 184 g/mol. The Bertz CT molecular complexity index is 241. The van der Waals surface area contributed by atoms with Crippen molar-refractivity contribution in [3.8, 4) is 11.8 Å². The quantitative estimate of drug-likeness (QED) is 0.719. The van der Waals surface area contributed by atoms with E-state index in [-0.39, 0.29) is 11.6 Å². The van der Waals surface area contributed by atoms with Crippen LogP contribution in [0.2, 0.25) is 0 Å². The van der Waals surface area contributed by atoms with Gasteiger partial charge >= 0.3 is 0 Å². The Morgan fingerprint density at radius 1 is 1.27 bits per heavy atom. The second-order valence-electron chi connectivity index (χ2n) is 4.94. The minimum absolute atomic E-state index is 0.0876. The molecule has 1 atom stereocenters. The number of likely N-dealkylation sites (tertiary alicyclic amines) is 1. The molecule has 1 fully saturated rings. The molecule has 0 aromatic carbocycles. The van der Waals surface area contributed by atoms with E-state index >= 15 is 0 Å². The summed E-state index contributed by atoms with van der Waals surface area (Å²) in [6, 6.07) is 0.156. The van der Waals surface area contributed by atoms with Gasteiger partial charge in [0.05, 0.1) is 0 Å². The van der Waals surface area contributed by atoms with Crippen molar-refractivity contribution >= 4 is 0 Å². The van der Waals surface area contributed by atoms with Gasteiger partial charge in [-0.05, 0) is 46.7 Å². The number of hydrogen-bond acceptors (Lipinski definition) is 2. The molecule has 0 spiro atoms. The number of nitrogens with two attached hydrogens (primary N) is 1. The summed E-state index contributed by atoms with van der Waals surface area (Å²) in [6.45, 7) is 8.77. The summed E-state index contributed by atoms with van der Waals surface area (Å²) < 4.78 is 0. The fraction of sp³-hybridized carbons (Fsp3) is 0.846. The fourth-order valence-corrected chi connectivity index (χ4v) is 2.17. The van der Waals surface area contributed by atoms with Crippen molar-refractivity contribution in [2.75, 3.05) is 13.1 Å². The van der Waals surface area contributed by atoms with Crippen molar-refractivity contribution < 1.29 is 0 Å². The third-order valence-electron chi connectivity index (χ3n) is 3.58. The van der Waals surface area contributed by atoms with Gasteiger partial charge in [0.1, 0.15) is 0 Å². The predicted molar refractivity (Wildman–Crippen MR) is 65.5 cm³/mol. The zero-order valence-electron chi connectivity index (χ0n) is 10.3. The van der Waals surface area contributed by atoms with Gasteiger partial charge < -0.3 is 5.73 Å². The van der Waals surface area contributed by atoms with Crippen LogP contribution in [0.15, 0.2) is 0 Å². The van der Waals surface area contributed by atoms with E-state index in [1.807, 2.05) is 6.92 Å². The standard InChI is InChI=1S/C13H24N2/c1-4-5-9-12(14)13(2,3)15-10-7-6-8-11-15/h12H,6-11,14H2,1-3H3. The van der Waals surface area contributed by atoms with Crippen molar-refractivity contribution in [1.29, 1.82) is 0 Å². The monoisotopic (exact) mass is 208 g/mol. The highest BCUT2D eigenvalue weighted by Gasteiger charge is 2.33. The Kier molecular flexibility index (Phi) is 4.63. The van der Waals surface area contributed by atoms with Crippen molar-refractivity contribution in [1.82, 2.24) is 4.90 Å². The second-order valence-corrected chi connectivity index (χ2v) is 4.94. The van der Waals surface area contributed by atoms with E-state index < -0.39 is 0 Å². The molecule has 0 aromatic rings. The van der Waals surface area contributed by atoms with Gasteiger partial charge in [0.25, 0.3) is 0 Å². The van der Waals surface area contributed by atoms with E-state index in [0.29, 0.717) is 0 Å². The van der Waals surface area contributed by atoms with Crippen molar-refractivity contribution in [2.45, 2.75) is 58.0 Å². The van der Waals surface area contributed by atoms with Gasteiger partial charge in [-0.1, -0.05) is 6.42 Å². The van der Waals surface area contributed by atoms with Gasteiger partial charge in [-0.25, -0.2) is 0 Å². The Morgan fingerprint density at radius 2 is 1.87 bits per heavy atom. The topological polar surface area (TPSA) is 29.3 Å². The van der Waals surface area contributed by atoms with Gasteiger partial charge in [-0.15, -0.1) is 11.8 Å². The SMILES string of the molecule is CC#CCC(N)C(C)(C)N1CCCCC1. The lowest BCUT2D eigenvalue weighted by atomic mass is 9.89. The molecule has 2 N–H and O–H groups in total. The number of piperidine rings is 1. The van der Waals surface area contributed by atoms with Crippen molar-refractivity contribution in [3.05, 3.63) is 0 Å². The molecule has 1 saturated heterocycles. The predicted octanol–water partition coefficient (Wildman–Crippen LogP) is 1.99. The first-order chi connectivity index (χ1) is 7.09. The van der Waals surface area contributed by atoms with Gasteiger partial charge in [0.15, 0.2) is 0 Å². The van der Waals surface area contributed by atoms with Gasteiger partial charge in [0.2, 0.25) is 0 Å². The van der Waals surface area contributed by atoms with Crippen LogP contribution in [0.3, 0.4) is 0 Å². The summed E-state index contributed by atoms with van der Waals surface area (Å²) in [6.07, 6.45) is 4.81. The molecule has 0 radical (unpaired) electrons. The smallest absolute Gasteiger partial charge is 0.0331 e. The molecule has 86 valence electrons. The van der Waals surface area contributed by atoms with Crippen LogP contribution < -0.4 is 5.73 Å². The van der Waals surface area contributed by atoms with Gasteiger partial charge in [0, 0.05) is 18.0 Å². The summed E-state index contributed by atoms with van der Waals surface area (Å²) in [7, 11) is 0. The Labute approximate surface area is 94.2 Å². The largest absolute Gasteiger partial charge is 0.325 e. The zero-order chi connectivity index (χ0) is 11.3. The fourth-order valence-electron chi connectivity index (χ4n) is 2.17. The maximum absolute atomic E-state index is 6.22. The lowest BCUT2D eigenvalue weighted by Crippen LogP contribution is -2.57. The highest BCUT2D eigenvalue weighted by molar-refractivity contribution is 5.03. The van der Waals surface area contributed by atoms with E-state index in [0.717, 1.165) is 6.42 Å².